The number of benzene rings is 2. The molecule has 2 heterocycles. The van der Waals surface area contributed by atoms with Crippen molar-refractivity contribution in [3.05, 3.63) is 80.6 Å². The van der Waals surface area contributed by atoms with Crippen molar-refractivity contribution in [3.8, 4) is 11.4 Å². The fourth-order valence-electron chi connectivity index (χ4n) is 4.00. The smallest absolute Gasteiger partial charge is 0.354 e. The van der Waals surface area contributed by atoms with Crippen LogP contribution < -0.4 is 10.4 Å². The molecule has 0 saturated carbocycles. The van der Waals surface area contributed by atoms with Gasteiger partial charge in [-0.15, -0.1) is 0 Å². The number of carboxylic acid groups (broad SMARTS) is 1. The Hall–Kier alpha value is -3.70. The van der Waals surface area contributed by atoms with E-state index in [1.54, 1.807) is 6.92 Å². The predicted molar refractivity (Wildman–Crippen MR) is 132 cm³/mol. The molecule has 12 heteroatoms. The van der Waals surface area contributed by atoms with E-state index in [4.69, 9.17) is 16.3 Å². The van der Waals surface area contributed by atoms with Crippen LogP contribution in [0.5, 0.6) is 5.75 Å². The van der Waals surface area contributed by atoms with Crippen LogP contribution in [-0.4, -0.2) is 41.1 Å². The molecule has 4 rings (SSSR count). The first kappa shape index (κ1) is 25.4. The molecule has 0 radical (unpaired) electrons. The van der Waals surface area contributed by atoms with Crippen LogP contribution in [-0.2, 0) is 14.6 Å². The molecule has 0 aliphatic rings. The standard InChI is InChI=1S/C24H21ClFN3O6S/c1-12-9-16(22(30)31)27-21-20(12)28-23(32)29(21)17-11-19(18(35-4)10-14(17)25)36(33,34)24(2,3)13-7-5-6-8-15(13)26/h5-11H,1-4H3,(H,28,32)(H,30,31). The Morgan fingerprint density at radius 1 is 1.22 bits per heavy atom. The third-order valence-electron chi connectivity index (χ3n) is 6.02. The zero-order chi connectivity index (χ0) is 26.6. The number of ether oxygens (including phenoxy) is 1. The Morgan fingerprint density at radius 3 is 2.50 bits per heavy atom. The van der Waals surface area contributed by atoms with Gasteiger partial charge in [0.25, 0.3) is 0 Å². The second-order valence-electron chi connectivity index (χ2n) is 8.54. The highest BCUT2D eigenvalue weighted by Gasteiger charge is 2.41. The molecule has 2 aromatic carbocycles. The van der Waals surface area contributed by atoms with Crippen LogP contribution in [0.3, 0.4) is 0 Å². The topological polar surface area (TPSA) is 131 Å². The molecule has 0 atom stereocenters. The fourth-order valence-corrected chi connectivity index (χ4v) is 5.92. The molecule has 0 unspecified atom stereocenters. The number of pyridine rings is 1. The van der Waals surface area contributed by atoms with Gasteiger partial charge in [0, 0.05) is 11.6 Å². The van der Waals surface area contributed by atoms with E-state index in [2.05, 4.69) is 9.97 Å². The number of methoxy groups -OCH3 is 1. The number of carboxylic acids is 1. The molecule has 9 nitrogen and oxygen atoms in total. The predicted octanol–water partition coefficient (Wildman–Crippen LogP) is 4.23. The maximum atomic E-state index is 14.6. The van der Waals surface area contributed by atoms with Gasteiger partial charge in [-0.05, 0) is 44.5 Å². The average Bonchev–Trinajstić information content (AvgIpc) is 3.15. The summed E-state index contributed by atoms with van der Waals surface area (Å²) in [4.78, 5) is 30.8. The molecule has 4 aromatic rings. The lowest BCUT2D eigenvalue weighted by Gasteiger charge is -2.27. The molecule has 0 amide bonds. The molecule has 2 N–H and O–H groups in total. The Labute approximate surface area is 210 Å². The SMILES string of the molecule is COc1cc(Cl)c(-n2c(=O)[nH]c3c(C)cc(C(=O)O)nc32)cc1S(=O)(=O)C(C)(C)c1ccccc1F. The summed E-state index contributed by atoms with van der Waals surface area (Å²) in [7, 11) is -3.09. The first-order chi connectivity index (χ1) is 16.8. The second kappa shape index (κ2) is 8.75. The van der Waals surface area contributed by atoms with Gasteiger partial charge in [0.15, 0.2) is 21.2 Å². The number of rotatable bonds is 6. The summed E-state index contributed by atoms with van der Waals surface area (Å²) < 4.78 is 46.9. The summed E-state index contributed by atoms with van der Waals surface area (Å²) in [5.74, 6) is -2.12. The number of aromatic nitrogens is 3. The molecular formula is C24H21ClFN3O6S. The molecular weight excluding hydrogens is 513 g/mol. The number of aryl methyl sites for hydroxylation is 1. The zero-order valence-corrected chi connectivity index (χ0v) is 21.2. The third kappa shape index (κ3) is 3.84. The highest BCUT2D eigenvalue weighted by molar-refractivity contribution is 7.92. The van der Waals surface area contributed by atoms with Gasteiger partial charge in [-0.25, -0.2) is 31.9 Å². The van der Waals surface area contributed by atoms with Crippen LogP contribution in [0.4, 0.5) is 4.39 Å². The summed E-state index contributed by atoms with van der Waals surface area (Å²) in [5.41, 5.74) is -0.527. The van der Waals surface area contributed by atoms with Gasteiger partial charge in [0.1, 0.15) is 16.5 Å². The van der Waals surface area contributed by atoms with Gasteiger partial charge in [-0.3, -0.25) is 0 Å². The molecule has 36 heavy (non-hydrogen) atoms. The number of hydrogen-bond donors (Lipinski definition) is 2. The Bertz CT molecular complexity index is 1710. The number of aromatic amines is 1. The van der Waals surface area contributed by atoms with Crippen LogP contribution in [0.2, 0.25) is 5.02 Å². The molecule has 2 aromatic heterocycles. The largest absolute Gasteiger partial charge is 0.495 e. The Morgan fingerprint density at radius 2 is 1.89 bits per heavy atom. The quantitative estimate of drug-likeness (QED) is 0.379. The van der Waals surface area contributed by atoms with E-state index >= 15 is 0 Å². The van der Waals surface area contributed by atoms with Crippen molar-refractivity contribution in [2.24, 2.45) is 0 Å². The Balaban J connectivity index is 2.04. The maximum Gasteiger partial charge on any atom is 0.354 e. The van der Waals surface area contributed by atoms with Crippen LogP contribution in [0.15, 0.2) is 52.2 Å². The first-order valence-corrected chi connectivity index (χ1v) is 12.4. The van der Waals surface area contributed by atoms with E-state index in [1.807, 2.05) is 0 Å². The summed E-state index contributed by atoms with van der Waals surface area (Å²) in [6, 6.07) is 9.18. The van der Waals surface area contributed by atoms with Crippen LogP contribution >= 0.6 is 11.6 Å². The highest BCUT2D eigenvalue weighted by atomic mass is 35.5. The molecule has 0 saturated heterocycles. The molecule has 188 valence electrons. The summed E-state index contributed by atoms with van der Waals surface area (Å²) in [6.07, 6.45) is 0. The molecule has 0 spiro atoms. The number of hydrogen-bond acceptors (Lipinski definition) is 6. The number of nitrogens with one attached hydrogen (secondary N) is 1. The lowest BCUT2D eigenvalue weighted by atomic mass is 10.0. The van der Waals surface area contributed by atoms with Crippen molar-refractivity contribution >= 4 is 38.6 Å². The minimum Gasteiger partial charge on any atom is -0.495 e. The number of H-pyrrole nitrogens is 1. The summed E-state index contributed by atoms with van der Waals surface area (Å²) >= 11 is 6.44. The average molecular weight is 534 g/mol. The maximum absolute atomic E-state index is 14.6. The van der Waals surface area contributed by atoms with Crippen molar-refractivity contribution in [3.63, 3.8) is 0 Å². The number of carbonyl (C=O) groups is 1. The van der Waals surface area contributed by atoms with Crippen LogP contribution in [0.1, 0.15) is 35.5 Å². The van der Waals surface area contributed by atoms with Crippen molar-refractivity contribution < 1.29 is 27.4 Å². The van der Waals surface area contributed by atoms with E-state index in [0.717, 1.165) is 16.7 Å². The number of nitrogens with zero attached hydrogens (tertiary/aromatic N) is 2. The van der Waals surface area contributed by atoms with Crippen LogP contribution in [0, 0.1) is 12.7 Å². The minimum atomic E-state index is -4.35. The van der Waals surface area contributed by atoms with Crippen molar-refractivity contribution in [2.45, 2.75) is 30.4 Å². The lowest BCUT2D eigenvalue weighted by molar-refractivity contribution is 0.0690. The normalized spacial score (nSPS) is 12.2. The number of sulfone groups is 1. The van der Waals surface area contributed by atoms with Gasteiger partial charge in [0.2, 0.25) is 0 Å². The Kier molecular flexibility index (Phi) is 6.17. The van der Waals surface area contributed by atoms with Gasteiger partial charge in [-0.1, -0.05) is 29.8 Å². The van der Waals surface area contributed by atoms with Crippen molar-refractivity contribution in [1.29, 1.82) is 0 Å². The second-order valence-corrected chi connectivity index (χ2v) is 11.4. The molecule has 0 aliphatic carbocycles. The van der Waals surface area contributed by atoms with E-state index in [-0.39, 0.29) is 43.8 Å². The van der Waals surface area contributed by atoms with E-state index < -0.39 is 32.1 Å². The van der Waals surface area contributed by atoms with E-state index in [1.165, 1.54) is 51.3 Å². The lowest BCUT2D eigenvalue weighted by Crippen LogP contribution is -2.31. The monoisotopic (exact) mass is 533 g/mol. The molecule has 0 aliphatic heterocycles. The van der Waals surface area contributed by atoms with Crippen molar-refractivity contribution in [2.75, 3.05) is 7.11 Å². The highest BCUT2D eigenvalue weighted by Crippen LogP contribution is 2.42. The summed E-state index contributed by atoms with van der Waals surface area (Å²) in [5, 5.41) is 9.36. The number of imidazole rings is 1. The van der Waals surface area contributed by atoms with Gasteiger partial charge < -0.3 is 14.8 Å². The van der Waals surface area contributed by atoms with Gasteiger partial charge in [-0.2, -0.15) is 0 Å². The van der Waals surface area contributed by atoms with Crippen molar-refractivity contribution in [1.82, 2.24) is 14.5 Å². The number of fused-ring (bicyclic) bond motifs is 1. The number of aromatic carboxylic acids is 1. The summed E-state index contributed by atoms with van der Waals surface area (Å²) in [6.45, 7) is 4.31. The zero-order valence-electron chi connectivity index (χ0n) is 19.6. The molecule has 0 bridgehead atoms. The van der Waals surface area contributed by atoms with Gasteiger partial charge >= 0.3 is 11.7 Å². The third-order valence-corrected chi connectivity index (χ3v) is 8.79. The van der Waals surface area contributed by atoms with E-state index in [0.29, 0.717) is 5.56 Å². The number of halogens is 2. The first-order valence-electron chi connectivity index (χ1n) is 10.5. The van der Waals surface area contributed by atoms with Crippen LogP contribution in [0.25, 0.3) is 16.9 Å². The molecule has 0 fully saturated rings. The van der Waals surface area contributed by atoms with Gasteiger partial charge in [0.05, 0.1) is 28.1 Å². The fraction of sp³-hybridized carbons (Fsp3) is 0.208. The minimum absolute atomic E-state index is 0.0545. The van der Waals surface area contributed by atoms with E-state index in [9.17, 15) is 27.5 Å².